The number of hydrogen-bond donors (Lipinski definition) is 1. The van der Waals surface area contributed by atoms with Crippen molar-refractivity contribution in [1.29, 1.82) is 0 Å². The first-order valence-electron chi connectivity index (χ1n) is 8.77. The third kappa shape index (κ3) is 4.07. The van der Waals surface area contributed by atoms with Gasteiger partial charge in [-0.15, -0.1) is 0 Å². The maximum absolute atomic E-state index is 12.9. The minimum Gasteiger partial charge on any atom is -0.350 e. The first-order chi connectivity index (χ1) is 13.1. The molecular weight excluding hydrogens is 417 g/mol. The summed E-state index contributed by atoms with van der Waals surface area (Å²) in [6.07, 6.45) is 2.04. The number of para-hydroxylation sites is 1. The molecule has 8 heteroatoms. The zero-order chi connectivity index (χ0) is 20.6. The molecule has 28 heavy (non-hydrogen) atoms. The van der Waals surface area contributed by atoms with Gasteiger partial charge in [-0.05, 0) is 50.3 Å². The van der Waals surface area contributed by atoms with Crippen LogP contribution in [0, 0.1) is 6.92 Å². The van der Waals surface area contributed by atoms with Crippen molar-refractivity contribution in [2.45, 2.75) is 17.9 Å². The van der Waals surface area contributed by atoms with Crippen LogP contribution in [-0.2, 0) is 17.1 Å². The second-order valence-corrected chi connectivity index (χ2v) is 9.63. The molecule has 0 aliphatic rings. The van der Waals surface area contributed by atoms with Crippen LogP contribution in [0.3, 0.4) is 0 Å². The lowest BCUT2D eigenvalue weighted by Gasteiger charge is -2.24. The summed E-state index contributed by atoms with van der Waals surface area (Å²) in [4.78, 5) is 2.03. The fraction of sp³-hybridized carbons (Fsp3) is 0.300. The van der Waals surface area contributed by atoms with Gasteiger partial charge in [0.25, 0.3) is 0 Å². The largest absolute Gasteiger partial charge is 0.350 e. The molecule has 150 valence electrons. The second kappa shape index (κ2) is 8.05. The molecule has 0 aliphatic heterocycles. The Morgan fingerprint density at radius 3 is 2.50 bits per heavy atom. The van der Waals surface area contributed by atoms with Crippen LogP contribution in [0.5, 0.6) is 0 Å². The van der Waals surface area contributed by atoms with Crippen LogP contribution in [0.25, 0.3) is 10.9 Å². The molecule has 5 nitrogen and oxygen atoms in total. The molecule has 3 rings (SSSR count). The molecular formula is C20H23Cl2N3O2S. The molecule has 1 N–H and O–H groups in total. The zero-order valence-corrected chi connectivity index (χ0v) is 18.5. The zero-order valence-electron chi connectivity index (χ0n) is 16.2. The Bertz CT molecular complexity index is 1120. The summed E-state index contributed by atoms with van der Waals surface area (Å²) < 4.78 is 30.5. The smallest absolute Gasteiger partial charge is 0.242 e. The van der Waals surface area contributed by atoms with Crippen molar-refractivity contribution in [3.05, 3.63) is 63.8 Å². The third-order valence-electron chi connectivity index (χ3n) is 4.88. The van der Waals surface area contributed by atoms with Crippen LogP contribution in [0.2, 0.25) is 10.0 Å². The maximum Gasteiger partial charge on any atom is 0.242 e. The molecule has 0 aliphatic carbocycles. The Labute approximate surface area is 175 Å². The predicted octanol–water partition coefficient (Wildman–Crippen LogP) is 4.37. The summed E-state index contributed by atoms with van der Waals surface area (Å²) in [5.74, 6) is 0. The molecule has 1 atom stereocenters. The summed E-state index contributed by atoms with van der Waals surface area (Å²) in [6.45, 7) is 1.96. The highest BCUT2D eigenvalue weighted by atomic mass is 35.5. The monoisotopic (exact) mass is 439 g/mol. The SMILES string of the molecule is Cc1cc(S(=O)(=O)NCC(c2cn(C)c3ccccc23)N(C)C)c(Cl)cc1Cl. The number of sulfonamides is 1. The first kappa shape index (κ1) is 21.1. The number of benzene rings is 2. The molecule has 1 heterocycles. The van der Waals surface area contributed by atoms with Crippen molar-refractivity contribution in [2.75, 3.05) is 20.6 Å². The number of likely N-dealkylation sites (N-methyl/N-ethyl adjacent to an activating group) is 1. The van der Waals surface area contributed by atoms with E-state index >= 15 is 0 Å². The van der Waals surface area contributed by atoms with Crippen molar-refractivity contribution in [3.8, 4) is 0 Å². The van der Waals surface area contributed by atoms with E-state index in [0.29, 0.717) is 10.6 Å². The quantitative estimate of drug-likeness (QED) is 0.619. The summed E-state index contributed by atoms with van der Waals surface area (Å²) >= 11 is 12.2. The van der Waals surface area contributed by atoms with E-state index in [1.165, 1.54) is 12.1 Å². The van der Waals surface area contributed by atoms with Gasteiger partial charge >= 0.3 is 0 Å². The summed E-state index contributed by atoms with van der Waals surface area (Å²) in [7, 11) is 2.06. The molecule has 0 saturated heterocycles. The van der Waals surface area contributed by atoms with Gasteiger partial charge in [-0.3, -0.25) is 0 Å². The van der Waals surface area contributed by atoms with Crippen molar-refractivity contribution in [3.63, 3.8) is 0 Å². The highest BCUT2D eigenvalue weighted by Crippen LogP contribution is 2.30. The predicted molar refractivity (Wildman–Crippen MR) is 116 cm³/mol. The normalized spacial score (nSPS) is 13.4. The van der Waals surface area contributed by atoms with Gasteiger partial charge in [0.1, 0.15) is 4.90 Å². The number of nitrogens with one attached hydrogen (secondary N) is 1. The Balaban J connectivity index is 1.93. The highest BCUT2D eigenvalue weighted by Gasteiger charge is 2.24. The Hall–Kier alpha value is -1.57. The maximum atomic E-state index is 12.9. The third-order valence-corrected chi connectivity index (χ3v) is 7.17. The number of hydrogen-bond acceptors (Lipinski definition) is 3. The van der Waals surface area contributed by atoms with E-state index in [9.17, 15) is 8.42 Å². The van der Waals surface area contributed by atoms with Crippen molar-refractivity contribution >= 4 is 44.1 Å². The van der Waals surface area contributed by atoms with Gasteiger partial charge in [-0.1, -0.05) is 41.4 Å². The van der Waals surface area contributed by atoms with Gasteiger partial charge in [-0.2, -0.15) is 0 Å². The first-order valence-corrected chi connectivity index (χ1v) is 11.0. The molecule has 0 saturated carbocycles. The number of aromatic nitrogens is 1. The van der Waals surface area contributed by atoms with Gasteiger partial charge in [0.05, 0.1) is 5.02 Å². The molecule has 0 amide bonds. The van der Waals surface area contributed by atoms with E-state index in [0.717, 1.165) is 16.5 Å². The van der Waals surface area contributed by atoms with Crippen LogP contribution in [0.15, 0.2) is 47.5 Å². The minimum atomic E-state index is -3.79. The molecule has 0 radical (unpaired) electrons. The van der Waals surface area contributed by atoms with E-state index in [2.05, 4.69) is 15.4 Å². The summed E-state index contributed by atoms with van der Waals surface area (Å²) in [6, 6.07) is 10.9. The second-order valence-electron chi connectivity index (χ2n) is 7.08. The number of halogens is 2. The van der Waals surface area contributed by atoms with Crippen molar-refractivity contribution < 1.29 is 8.42 Å². The number of nitrogens with zero attached hydrogens (tertiary/aromatic N) is 2. The highest BCUT2D eigenvalue weighted by molar-refractivity contribution is 7.89. The fourth-order valence-electron chi connectivity index (χ4n) is 3.31. The van der Waals surface area contributed by atoms with E-state index in [4.69, 9.17) is 23.2 Å². The minimum absolute atomic E-state index is 0.0338. The lowest BCUT2D eigenvalue weighted by molar-refractivity contribution is 0.301. The number of aryl methyl sites for hydroxylation is 2. The molecule has 0 fully saturated rings. The number of fused-ring (bicyclic) bond motifs is 1. The van der Waals surface area contributed by atoms with Gasteiger partial charge in [0.15, 0.2) is 0 Å². The average Bonchev–Trinajstić information content (AvgIpc) is 2.95. The van der Waals surface area contributed by atoms with Crippen LogP contribution >= 0.6 is 23.2 Å². The van der Waals surface area contributed by atoms with E-state index in [1.807, 2.05) is 50.4 Å². The van der Waals surface area contributed by atoms with Crippen LogP contribution in [0.1, 0.15) is 17.2 Å². The summed E-state index contributed by atoms with van der Waals surface area (Å²) in [5, 5.41) is 1.64. The van der Waals surface area contributed by atoms with Crippen molar-refractivity contribution in [1.82, 2.24) is 14.2 Å². The van der Waals surface area contributed by atoms with Crippen LogP contribution in [-0.4, -0.2) is 38.5 Å². The van der Waals surface area contributed by atoms with Crippen LogP contribution < -0.4 is 4.72 Å². The molecule has 2 aromatic carbocycles. The van der Waals surface area contributed by atoms with Crippen LogP contribution in [0.4, 0.5) is 0 Å². The topological polar surface area (TPSA) is 54.3 Å². The van der Waals surface area contributed by atoms with Gasteiger partial charge in [0, 0.05) is 41.8 Å². The molecule has 0 spiro atoms. The standard InChI is InChI=1S/C20H23Cl2N3O2S/c1-13-9-20(17(22)10-16(13)21)28(26,27)23-11-19(24(2)3)15-12-25(4)18-8-6-5-7-14(15)18/h5-10,12,19,23H,11H2,1-4H3. The fourth-order valence-corrected chi connectivity index (χ4v) is 5.18. The molecule has 0 bridgehead atoms. The Morgan fingerprint density at radius 2 is 1.82 bits per heavy atom. The Morgan fingerprint density at radius 1 is 1.14 bits per heavy atom. The average molecular weight is 440 g/mol. The van der Waals surface area contributed by atoms with Crippen molar-refractivity contribution in [2.24, 2.45) is 7.05 Å². The van der Waals surface area contributed by atoms with E-state index in [1.54, 1.807) is 6.92 Å². The Kier molecular flexibility index (Phi) is 6.08. The molecule has 3 aromatic rings. The van der Waals surface area contributed by atoms with Gasteiger partial charge in [-0.25, -0.2) is 13.1 Å². The summed E-state index contributed by atoms with van der Waals surface area (Å²) in [5.41, 5.74) is 2.82. The lowest BCUT2D eigenvalue weighted by atomic mass is 10.1. The number of rotatable bonds is 6. The molecule has 1 aromatic heterocycles. The molecule has 1 unspecified atom stereocenters. The van der Waals surface area contributed by atoms with E-state index in [-0.39, 0.29) is 22.5 Å². The van der Waals surface area contributed by atoms with Gasteiger partial charge < -0.3 is 9.47 Å². The van der Waals surface area contributed by atoms with Gasteiger partial charge in [0.2, 0.25) is 10.0 Å². The van der Waals surface area contributed by atoms with E-state index < -0.39 is 10.0 Å². The lowest BCUT2D eigenvalue weighted by Crippen LogP contribution is -2.34.